The summed E-state index contributed by atoms with van der Waals surface area (Å²) in [7, 11) is 1.78. The molecule has 1 atom stereocenters. The average Bonchev–Trinajstić information content (AvgIpc) is 2.20. The Morgan fingerprint density at radius 1 is 1.38 bits per heavy atom. The van der Waals surface area contributed by atoms with Gasteiger partial charge in [0.05, 0.1) is 6.20 Å². The molecule has 1 aromatic rings. The minimum absolute atomic E-state index is 0.345. The van der Waals surface area contributed by atoms with Gasteiger partial charge in [0.15, 0.2) is 5.82 Å². The number of aromatic nitrogens is 2. The molecule has 0 aliphatic rings. The van der Waals surface area contributed by atoms with Crippen LogP contribution in [-0.2, 0) is 0 Å². The summed E-state index contributed by atoms with van der Waals surface area (Å²) in [4.78, 5) is 8.30. The van der Waals surface area contributed by atoms with Crippen molar-refractivity contribution in [1.29, 1.82) is 0 Å². The maximum absolute atomic E-state index is 6.02. The first-order valence-electron chi connectivity index (χ1n) is 5.49. The number of halogens is 1. The highest BCUT2D eigenvalue weighted by atomic mass is 35.5. The minimum Gasteiger partial charge on any atom is -0.366 e. The number of hydrogen-bond donors (Lipinski definition) is 2. The molecule has 0 bridgehead atoms. The van der Waals surface area contributed by atoms with E-state index in [2.05, 4.69) is 41.4 Å². The molecule has 0 aliphatic carbocycles. The van der Waals surface area contributed by atoms with Crippen molar-refractivity contribution in [1.82, 2.24) is 9.97 Å². The van der Waals surface area contributed by atoms with Crippen LogP contribution >= 0.6 is 11.6 Å². The van der Waals surface area contributed by atoms with Gasteiger partial charge in [-0.15, -0.1) is 0 Å². The van der Waals surface area contributed by atoms with E-state index >= 15 is 0 Å². The number of hydrogen-bond acceptors (Lipinski definition) is 4. The van der Waals surface area contributed by atoms with Crippen LogP contribution in [0.2, 0.25) is 5.02 Å². The fraction of sp³-hybridized carbons (Fsp3) is 0.636. The third-order valence-corrected chi connectivity index (χ3v) is 2.45. The molecule has 2 N–H and O–H groups in total. The lowest BCUT2D eigenvalue weighted by molar-refractivity contribution is 0.539. The van der Waals surface area contributed by atoms with Crippen molar-refractivity contribution < 1.29 is 0 Å². The first kappa shape index (κ1) is 13.0. The molecule has 0 aliphatic heterocycles. The quantitative estimate of drug-likeness (QED) is 0.834. The van der Waals surface area contributed by atoms with Crippen LogP contribution in [-0.4, -0.2) is 23.1 Å². The molecular weight excluding hydrogens is 224 g/mol. The second-order valence-electron chi connectivity index (χ2n) is 4.32. The Bertz CT molecular complexity index is 341. The summed E-state index contributed by atoms with van der Waals surface area (Å²) in [6, 6.07) is 0.345. The van der Waals surface area contributed by atoms with E-state index in [0.29, 0.717) is 28.7 Å². The van der Waals surface area contributed by atoms with Gasteiger partial charge in [0, 0.05) is 13.1 Å². The Hall–Kier alpha value is -1.03. The summed E-state index contributed by atoms with van der Waals surface area (Å²) < 4.78 is 0. The van der Waals surface area contributed by atoms with Gasteiger partial charge in [-0.2, -0.15) is 4.98 Å². The highest BCUT2D eigenvalue weighted by molar-refractivity contribution is 6.32. The van der Waals surface area contributed by atoms with Crippen LogP contribution in [0.1, 0.15) is 27.2 Å². The van der Waals surface area contributed by atoms with Gasteiger partial charge in [-0.3, -0.25) is 0 Å². The topological polar surface area (TPSA) is 49.8 Å². The molecule has 0 radical (unpaired) electrons. The molecule has 0 fully saturated rings. The summed E-state index contributed by atoms with van der Waals surface area (Å²) >= 11 is 6.02. The average molecular weight is 243 g/mol. The van der Waals surface area contributed by atoms with Crippen molar-refractivity contribution in [3.63, 3.8) is 0 Å². The van der Waals surface area contributed by atoms with E-state index in [1.807, 2.05) is 0 Å². The Balaban J connectivity index is 2.71. The number of anilines is 2. The van der Waals surface area contributed by atoms with E-state index in [1.54, 1.807) is 13.2 Å². The van der Waals surface area contributed by atoms with Crippen molar-refractivity contribution in [3.8, 4) is 0 Å². The van der Waals surface area contributed by atoms with Gasteiger partial charge in [-0.05, 0) is 19.3 Å². The molecule has 1 unspecified atom stereocenters. The molecule has 0 amide bonds. The Morgan fingerprint density at radius 3 is 2.62 bits per heavy atom. The largest absolute Gasteiger partial charge is 0.366 e. The lowest BCUT2D eigenvalue weighted by Gasteiger charge is -2.17. The molecule has 5 heteroatoms. The molecule has 4 nitrogen and oxygen atoms in total. The molecule has 16 heavy (non-hydrogen) atoms. The van der Waals surface area contributed by atoms with Crippen LogP contribution < -0.4 is 10.6 Å². The molecule has 90 valence electrons. The van der Waals surface area contributed by atoms with Crippen LogP contribution in [0.5, 0.6) is 0 Å². The van der Waals surface area contributed by atoms with Gasteiger partial charge in [0.25, 0.3) is 0 Å². The van der Waals surface area contributed by atoms with Crippen molar-refractivity contribution in [2.45, 2.75) is 33.2 Å². The van der Waals surface area contributed by atoms with E-state index in [1.165, 1.54) is 0 Å². The predicted molar refractivity (Wildman–Crippen MR) is 69.1 cm³/mol. The molecule has 1 heterocycles. The zero-order chi connectivity index (χ0) is 12.1. The molecule has 0 saturated heterocycles. The first-order valence-corrected chi connectivity index (χ1v) is 5.87. The molecule has 0 aromatic carbocycles. The zero-order valence-corrected chi connectivity index (χ0v) is 11.0. The second-order valence-corrected chi connectivity index (χ2v) is 4.72. The van der Waals surface area contributed by atoms with Crippen LogP contribution in [0.25, 0.3) is 0 Å². The standard InChI is InChI=1S/C11H19ClN4/c1-7(2)5-8(3)15-10-9(12)6-14-11(13-4)16-10/h6-8H,5H2,1-4H3,(H2,13,14,15,16). The monoisotopic (exact) mass is 242 g/mol. The first-order chi connectivity index (χ1) is 7.52. The normalized spacial score (nSPS) is 12.6. The molecule has 0 spiro atoms. The number of nitrogens with zero attached hydrogens (tertiary/aromatic N) is 2. The van der Waals surface area contributed by atoms with E-state index in [4.69, 9.17) is 11.6 Å². The molecule has 1 rings (SSSR count). The Labute approximate surface area is 102 Å². The molecular formula is C11H19ClN4. The zero-order valence-electron chi connectivity index (χ0n) is 10.2. The summed E-state index contributed by atoms with van der Waals surface area (Å²) in [5.41, 5.74) is 0. The SMILES string of the molecule is CNc1ncc(Cl)c(NC(C)CC(C)C)n1. The predicted octanol–water partition coefficient (Wildman–Crippen LogP) is 3.02. The molecule has 1 aromatic heterocycles. The van der Waals surface area contributed by atoms with Gasteiger partial charge in [0.2, 0.25) is 5.95 Å². The van der Waals surface area contributed by atoms with Crippen LogP contribution in [0.3, 0.4) is 0 Å². The summed E-state index contributed by atoms with van der Waals surface area (Å²) in [6.07, 6.45) is 2.68. The van der Waals surface area contributed by atoms with Crippen LogP contribution in [0.4, 0.5) is 11.8 Å². The highest BCUT2D eigenvalue weighted by Gasteiger charge is 2.09. The fourth-order valence-electron chi connectivity index (χ4n) is 1.59. The maximum Gasteiger partial charge on any atom is 0.224 e. The van der Waals surface area contributed by atoms with Gasteiger partial charge in [-0.1, -0.05) is 25.4 Å². The van der Waals surface area contributed by atoms with Crippen molar-refractivity contribution in [2.75, 3.05) is 17.7 Å². The summed E-state index contributed by atoms with van der Waals surface area (Å²) in [5, 5.41) is 6.73. The van der Waals surface area contributed by atoms with Gasteiger partial charge >= 0.3 is 0 Å². The van der Waals surface area contributed by atoms with Gasteiger partial charge in [0.1, 0.15) is 5.02 Å². The molecule has 0 saturated carbocycles. The Kier molecular flexibility index (Phi) is 4.80. The number of rotatable bonds is 5. The summed E-state index contributed by atoms with van der Waals surface area (Å²) in [6.45, 7) is 6.51. The smallest absolute Gasteiger partial charge is 0.224 e. The van der Waals surface area contributed by atoms with Crippen molar-refractivity contribution >= 4 is 23.4 Å². The third kappa shape index (κ3) is 3.85. The van der Waals surface area contributed by atoms with Crippen LogP contribution in [0.15, 0.2) is 6.20 Å². The second kappa shape index (κ2) is 5.89. The van der Waals surface area contributed by atoms with Crippen molar-refractivity contribution in [3.05, 3.63) is 11.2 Å². The minimum atomic E-state index is 0.345. The van der Waals surface area contributed by atoms with E-state index in [0.717, 1.165) is 6.42 Å². The summed E-state index contributed by atoms with van der Waals surface area (Å²) in [5.74, 6) is 1.91. The van der Waals surface area contributed by atoms with Gasteiger partial charge in [-0.25, -0.2) is 4.98 Å². The number of nitrogens with one attached hydrogen (secondary N) is 2. The fourth-order valence-corrected chi connectivity index (χ4v) is 1.73. The van der Waals surface area contributed by atoms with E-state index < -0.39 is 0 Å². The maximum atomic E-state index is 6.02. The van der Waals surface area contributed by atoms with E-state index in [-0.39, 0.29) is 0 Å². The third-order valence-electron chi connectivity index (χ3n) is 2.18. The highest BCUT2D eigenvalue weighted by Crippen LogP contribution is 2.21. The van der Waals surface area contributed by atoms with Crippen molar-refractivity contribution in [2.24, 2.45) is 5.92 Å². The Morgan fingerprint density at radius 2 is 2.06 bits per heavy atom. The van der Waals surface area contributed by atoms with Crippen LogP contribution in [0, 0.1) is 5.92 Å². The lowest BCUT2D eigenvalue weighted by atomic mass is 10.1. The lowest BCUT2D eigenvalue weighted by Crippen LogP contribution is -2.19. The van der Waals surface area contributed by atoms with Gasteiger partial charge < -0.3 is 10.6 Å². The van der Waals surface area contributed by atoms with E-state index in [9.17, 15) is 0 Å².